The van der Waals surface area contributed by atoms with E-state index in [1.807, 2.05) is 24.3 Å². The van der Waals surface area contributed by atoms with Gasteiger partial charge in [0.25, 0.3) is 5.91 Å². The van der Waals surface area contributed by atoms with Gasteiger partial charge in [-0.1, -0.05) is 0 Å². The molecule has 0 atom stereocenters. The van der Waals surface area contributed by atoms with Crippen molar-refractivity contribution >= 4 is 23.2 Å². The van der Waals surface area contributed by atoms with Crippen molar-refractivity contribution in [2.75, 3.05) is 23.3 Å². The molecule has 1 heterocycles. The van der Waals surface area contributed by atoms with Crippen LogP contribution in [0.4, 0.5) is 11.4 Å². The van der Waals surface area contributed by atoms with Crippen molar-refractivity contribution < 1.29 is 14.0 Å². The number of carbonyl (C=O) groups is 2. The number of furan rings is 1. The minimum Gasteiger partial charge on any atom is -0.472 e. The van der Waals surface area contributed by atoms with Gasteiger partial charge in [-0.25, -0.2) is 0 Å². The number of hydrogen-bond donors (Lipinski definition) is 2. The Labute approximate surface area is 148 Å². The Morgan fingerprint density at radius 1 is 1.16 bits per heavy atom. The molecule has 134 valence electrons. The van der Waals surface area contributed by atoms with E-state index >= 15 is 0 Å². The first-order valence-corrected chi connectivity index (χ1v) is 8.48. The molecule has 1 aromatic heterocycles. The van der Waals surface area contributed by atoms with Crippen molar-refractivity contribution in [1.29, 1.82) is 0 Å². The van der Waals surface area contributed by atoms with E-state index in [2.05, 4.69) is 36.3 Å². The lowest BCUT2D eigenvalue weighted by Gasteiger charge is -2.27. The average molecular weight is 343 g/mol. The molecule has 0 aliphatic carbocycles. The number of nitrogens with zero attached hydrogens (tertiary/aromatic N) is 1. The summed E-state index contributed by atoms with van der Waals surface area (Å²) in [4.78, 5) is 26.0. The highest BCUT2D eigenvalue weighted by atomic mass is 16.3. The Kier molecular flexibility index (Phi) is 6.62. The first kappa shape index (κ1) is 18.6. The number of benzene rings is 1. The minimum absolute atomic E-state index is 0.142. The molecule has 0 saturated carbocycles. The molecule has 0 aliphatic rings. The van der Waals surface area contributed by atoms with Gasteiger partial charge in [0, 0.05) is 36.9 Å². The van der Waals surface area contributed by atoms with Gasteiger partial charge in [-0.3, -0.25) is 9.59 Å². The van der Waals surface area contributed by atoms with Crippen LogP contribution in [-0.2, 0) is 4.79 Å². The number of carbonyl (C=O) groups excluding carboxylic acids is 2. The molecule has 0 unspecified atom stereocenters. The lowest BCUT2D eigenvalue weighted by atomic mass is 10.2. The highest BCUT2D eigenvalue weighted by Gasteiger charge is 2.10. The van der Waals surface area contributed by atoms with Crippen LogP contribution < -0.4 is 15.5 Å². The third-order valence-electron chi connectivity index (χ3n) is 3.87. The minimum atomic E-state index is -0.251. The standard InChI is InChI=1S/C19H25N3O3/c1-4-22(14(2)3)17-7-5-16(6-8-17)21-18(23)9-11-20-19(24)15-10-12-25-13-15/h5-8,10,12-14H,4,9,11H2,1-3H3,(H,20,24)(H,21,23). The normalized spacial score (nSPS) is 10.6. The molecule has 2 aromatic rings. The quantitative estimate of drug-likeness (QED) is 0.771. The second-order valence-corrected chi connectivity index (χ2v) is 5.99. The van der Waals surface area contributed by atoms with Crippen molar-refractivity contribution in [2.45, 2.75) is 33.2 Å². The van der Waals surface area contributed by atoms with Crippen LogP contribution in [0.15, 0.2) is 47.3 Å². The Bertz CT molecular complexity index is 678. The van der Waals surface area contributed by atoms with E-state index in [0.717, 1.165) is 17.9 Å². The van der Waals surface area contributed by atoms with Gasteiger partial charge in [-0.15, -0.1) is 0 Å². The van der Waals surface area contributed by atoms with E-state index in [1.54, 1.807) is 6.07 Å². The van der Waals surface area contributed by atoms with Crippen molar-refractivity contribution in [1.82, 2.24) is 5.32 Å². The van der Waals surface area contributed by atoms with Crippen LogP contribution in [0.3, 0.4) is 0 Å². The molecule has 25 heavy (non-hydrogen) atoms. The van der Waals surface area contributed by atoms with E-state index in [0.29, 0.717) is 11.6 Å². The summed E-state index contributed by atoms with van der Waals surface area (Å²) in [6.07, 6.45) is 3.01. The van der Waals surface area contributed by atoms with Gasteiger partial charge in [0.2, 0.25) is 5.91 Å². The molecule has 2 rings (SSSR count). The van der Waals surface area contributed by atoms with Crippen LogP contribution in [0.25, 0.3) is 0 Å². The summed E-state index contributed by atoms with van der Waals surface area (Å²) in [6.45, 7) is 7.62. The zero-order valence-electron chi connectivity index (χ0n) is 14.9. The second kappa shape index (κ2) is 8.92. The van der Waals surface area contributed by atoms with E-state index < -0.39 is 0 Å². The Hall–Kier alpha value is -2.76. The number of rotatable bonds is 8. The highest BCUT2D eigenvalue weighted by molar-refractivity contribution is 5.95. The molecule has 0 saturated heterocycles. The van der Waals surface area contributed by atoms with Crippen LogP contribution in [-0.4, -0.2) is 30.9 Å². The fraction of sp³-hybridized carbons (Fsp3) is 0.368. The molecule has 6 nitrogen and oxygen atoms in total. The number of hydrogen-bond acceptors (Lipinski definition) is 4. The van der Waals surface area contributed by atoms with E-state index in [9.17, 15) is 9.59 Å². The summed E-state index contributed by atoms with van der Waals surface area (Å²) >= 11 is 0. The zero-order chi connectivity index (χ0) is 18.2. The molecular formula is C19H25N3O3. The largest absolute Gasteiger partial charge is 0.472 e. The third-order valence-corrected chi connectivity index (χ3v) is 3.87. The van der Waals surface area contributed by atoms with Crippen LogP contribution in [0, 0.1) is 0 Å². The molecule has 0 spiro atoms. The van der Waals surface area contributed by atoms with E-state index in [4.69, 9.17) is 4.42 Å². The fourth-order valence-corrected chi connectivity index (χ4v) is 2.59. The van der Waals surface area contributed by atoms with Crippen molar-refractivity contribution in [3.8, 4) is 0 Å². The lowest BCUT2D eigenvalue weighted by molar-refractivity contribution is -0.116. The van der Waals surface area contributed by atoms with E-state index in [1.165, 1.54) is 12.5 Å². The zero-order valence-corrected chi connectivity index (χ0v) is 14.9. The Morgan fingerprint density at radius 2 is 1.88 bits per heavy atom. The second-order valence-electron chi connectivity index (χ2n) is 5.99. The van der Waals surface area contributed by atoms with Crippen molar-refractivity contribution in [2.24, 2.45) is 0 Å². The maximum atomic E-state index is 12.0. The molecule has 0 bridgehead atoms. The summed E-state index contributed by atoms with van der Waals surface area (Å²) in [7, 11) is 0. The summed E-state index contributed by atoms with van der Waals surface area (Å²) in [5.74, 6) is -0.393. The van der Waals surface area contributed by atoms with Gasteiger partial charge in [0.15, 0.2) is 0 Å². The van der Waals surface area contributed by atoms with Gasteiger partial charge in [-0.05, 0) is 51.1 Å². The van der Waals surface area contributed by atoms with Crippen molar-refractivity contribution in [3.05, 3.63) is 48.4 Å². The predicted molar refractivity (Wildman–Crippen MR) is 98.9 cm³/mol. The Morgan fingerprint density at radius 3 is 2.44 bits per heavy atom. The number of amides is 2. The Balaban J connectivity index is 1.79. The van der Waals surface area contributed by atoms with Crippen LogP contribution >= 0.6 is 0 Å². The first-order chi connectivity index (χ1) is 12.0. The molecule has 2 amide bonds. The van der Waals surface area contributed by atoms with Crippen LogP contribution in [0.5, 0.6) is 0 Å². The number of nitrogens with one attached hydrogen (secondary N) is 2. The molecular weight excluding hydrogens is 318 g/mol. The smallest absolute Gasteiger partial charge is 0.254 e. The first-order valence-electron chi connectivity index (χ1n) is 8.48. The number of anilines is 2. The fourth-order valence-electron chi connectivity index (χ4n) is 2.59. The predicted octanol–water partition coefficient (Wildman–Crippen LogP) is 3.27. The highest BCUT2D eigenvalue weighted by Crippen LogP contribution is 2.19. The van der Waals surface area contributed by atoms with Gasteiger partial charge in [-0.2, -0.15) is 0 Å². The molecule has 0 fully saturated rings. The van der Waals surface area contributed by atoms with Gasteiger partial charge >= 0.3 is 0 Å². The van der Waals surface area contributed by atoms with Gasteiger partial charge < -0.3 is 20.0 Å². The monoisotopic (exact) mass is 343 g/mol. The molecule has 6 heteroatoms. The maximum Gasteiger partial charge on any atom is 0.254 e. The van der Waals surface area contributed by atoms with E-state index in [-0.39, 0.29) is 24.8 Å². The maximum absolute atomic E-state index is 12.0. The molecule has 0 aliphatic heterocycles. The molecule has 2 N–H and O–H groups in total. The topological polar surface area (TPSA) is 74.6 Å². The van der Waals surface area contributed by atoms with Crippen LogP contribution in [0.1, 0.15) is 37.6 Å². The average Bonchev–Trinajstić information content (AvgIpc) is 3.11. The summed E-state index contributed by atoms with van der Waals surface area (Å²) in [5.41, 5.74) is 2.32. The third kappa shape index (κ3) is 5.38. The SMILES string of the molecule is CCN(c1ccc(NC(=O)CCNC(=O)c2ccoc2)cc1)C(C)C. The summed E-state index contributed by atoms with van der Waals surface area (Å²) in [5, 5.41) is 5.52. The van der Waals surface area contributed by atoms with Crippen molar-refractivity contribution in [3.63, 3.8) is 0 Å². The van der Waals surface area contributed by atoms with Gasteiger partial charge in [0.1, 0.15) is 6.26 Å². The summed E-state index contributed by atoms with van der Waals surface area (Å²) < 4.78 is 4.85. The van der Waals surface area contributed by atoms with Gasteiger partial charge in [0.05, 0.1) is 11.8 Å². The molecule has 1 aromatic carbocycles. The lowest BCUT2D eigenvalue weighted by Crippen LogP contribution is -2.30. The van der Waals surface area contributed by atoms with Crippen LogP contribution in [0.2, 0.25) is 0 Å². The summed E-state index contributed by atoms with van der Waals surface area (Å²) in [6, 6.07) is 9.78. The molecule has 0 radical (unpaired) electrons.